The molecule has 5 heteroatoms. The van der Waals surface area contributed by atoms with Gasteiger partial charge in [0.1, 0.15) is 5.82 Å². The number of H-pyrrole nitrogens is 1. The van der Waals surface area contributed by atoms with Crippen LogP contribution in [0.4, 0.5) is 0 Å². The van der Waals surface area contributed by atoms with Crippen molar-refractivity contribution in [3.05, 3.63) is 27.9 Å². The zero-order valence-electron chi connectivity index (χ0n) is 12.4. The van der Waals surface area contributed by atoms with Gasteiger partial charge in [-0.1, -0.05) is 26.7 Å². The first-order valence-corrected chi connectivity index (χ1v) is 8.60. The SMILES string of the molecule is CC(C)CNCc1cc(=O)[nH]c(CSC2CCCC2)n1. The van der Waals surface area contributed by atoms with Crippen LogP contribution in [-0.4, -0.2) is 21.8 Å². The van der Waals surface area contributed by atoms with Crippen molar-refractivity contribution in [1.82, 2.24) is 15.3 Å². The fourth-order valence-electron chi connectivity index (χ4n) is 2.46. The van der Waals surface area contributed by atoms with Gasteiger partial charge < -0.3 is 10.3 Å². The first-order chi connectivity index (χ1) is 9.63. The summed E-state index contributed by atoms with van der Waals surface area (Å²) in [5.74, 6) is 2.24. The van der Waals surface area contributed by atoms with Gasteiger partial charge in [-0.3, -0.25) is 4.79 Å². The van der Waals surface area contributed by atoms with E-state index in [0.29, 0.717) is 12.5 Å². The van der Waals surface area contributed by atoms with Gasteiger partial charge in [-0.2, -0.15) is 11.8 Å². The van der Waals surface area contributed by atoms with E-state index in [4.69, 9.17) is 0 Å². The monoisotopic (exact) mass is 295 g/mol. The van der Waals surface area contributed by atoms with Crippen LogP contribution in [-0.2, 0) is 12.3 Å². The van der Waals surface area contributed by atoms with Crippen LogP contribution in [0.25, 0.3) is 0 Å². The third kappa shape index (κ3) is 5.29. The Morgan fingerprint density at radius 2 is 2.20 bits per heavy atom. The second-order valence-corrected chi connectivity index (χ2v) is 7.21. The number of hydrogen-bond acceptors (Lipinski definition) is 4. The van der Waals surface area contributed by atoms with E-state index in [2.05, 4.69) is 29.1 Å². The number of rotatable bonds is 7. The molecule has 0 unspecified atom stereocenters. The molecular weight excluding hydrogens is 270 g/mol. The maximum Gasteiger partial charge on any atom is 0.251 e. The molecule has 1 fully saturated rings. The van der Waals surface area contributed by atoms with Crippen LogP contribution in [0.1, 0.15) is 51.0 Å². The highest BCUT2D eigenvalue weighted by molar-refractivity contribution is 7.99. The fourth-order valence-corrected chi connectivity index (χ4v) is 3.66. The zero-order valence-corrected chi connectivity index (χ0v) is 13.3. The number of aromatic nitrogens is 2. The quantitative estimate of drug-likeness (QED) is 0.812. The lowest BCUT2D eigenvalue weighted by Crippen LogP contribution is -2.22. The molecule has 112 valence electrons. The largest absolute Gasteiger partial charge is 0.311 e. The molecule has 4 nitrogen and oxygen atoms in total. The Bertz CT molecular complexity index is 466. The van der Waals surface area contributed by atoms with Crippen LogP contribution in [0.5, 0.6) is 0 Å². The van der Waals surface area contributed by atoms with Gasteiger partial charge in [0.05, 0.1) is 11.4 Å². The Labute approximate surface area is 125 Å². The number of hydrogen-bond donors (Lipinski definition) is 2. The van der Waals surface area contributed by atoms with Gasteiger partial charge in [-0.05, 0) is 25.3 Å². The molecule has 2 rings (SSSR count). The molecule has 0 saturated heterocycles. The molecule has 0 aromatic carbocycles. The van der Waals surface area contributed by atoms with E-state index in [1.165, 1.54) is 25.7 Å². The van der Waals surface area contributed by atoms with E-state index in [9.17, 15) is 4.79 Å². The lowest BCUT2D eigenvalue weighted by molar-refractivity contribution is 0.547. The second-order valence-electron chi connectivity index (χ2n) is 5.93. The molecule has 2 N–H and O–H groups in total. The normalized spacial score (nSPS) is 16.1. The van der Waals surface area contributed by atoms with Gasteiger partial charge in [0.15, 0.2) is 0 Å². The number of nitrogens with one attached hydrogen (secondary N) is 2. The van der Waals surface area contributed by atoms with Gasteiger partial charge in [0.2, 0.25) is 0 Å². The van der Waals surface area contributed by atoms with Crippen LogP contribution < -0.4 is 10.9 Å². The first-order valence-electron chi connectivity index (χ1n) is 7.55. The summed E-state index contributed by atoms with van der Waals surface area (Å²) in [6.45, 7) is 5.95. The molecule has 20 heavy (non-hydrogen) atoms. The average molecular weight is 295 g/mol. The Morgan fingerprint density at radius 1 is 1.45 bits per heavy atom. The van der Waals surface area contributed by atoms with E-state index in [0.717, 1.165) is 29.1 Å². The third-order valence-electron chi connectivity index (χ3n) is 3.46. The third-order valence-corrected chi connectivity index (χ3v) is 4.84. The molecule has 1 saturated carbocycles. The highest BCUT2D eigenvalue weighted by Gasteiger charge is 2.15. The minimum Gasteiger partial charge on any atom is -0.311 e. The van der Waals surface area contributed by atoms with Crippen LogP contribution in [0, 0.1) is 5.92 Å². The van der Waals surface area contributed by atoms with E-state index in [1.54, 1.807) is 6.07 Å². The lowest BCUT2D eigenvalue weighted by atomic mass is 10.2. The molecule has 0 radical (unpaired) electrons. The molecule has 0 amide bonds. The molecule has 1 aliphatic rings. The van der Waals surface area contributed by atoms with Crippen LogP contribution >= 0.6 is 11.8 Å². The summed E-state index contributed by atoms with van der Waals surface area (Å²) in [4.78, 5) is 19.1. The van der Waals surface area contributed by atoms with Crippen LogP contribution in [0.3, 0.4) is 0 Å². The van der Waals surface area contributed by atoms with Crippen molar-refractivity contribution in [2.24, 2.45) is 5.92 Å². The average Bonchev–Trinajstić information content (AvgIpc) is 2.88. The predicted octanol–water partition coefficient (Wildman–Crippen LogP) is 2.69. The molecule has 0 spiro atoms. The predicted molar refractivity (Wildman–Crippen MR) is 85.0 cm³/mol. The zero-order chi connectivity index (χ0) is 14.4. The Balaban J connectivity index is 1.88. The molecule has 1 aromatic rings. The van der Waals surface area contributed by atoms with E-state index < -0.39 is 0 Å². The summed E-state index contributed by atoms with van der Waals surface area (Å²) in [5, 5.41) is 4.08. The van der Waals surface area contributed by atoms with Crippen LogP contribution in [0.15, 0.2) is 10.9 Å². The summed E-state index contributed by atoms with van der Waals surface area (Å²) >= 11 is 1.93. The summed E-state index contributed by atoms with van der Waals surface area (Å²) in [5.41, 5.74) is 0.805. The standard InChI is InChI=1S/C15H25N3OS/c1-11(2)8-16-9-12-7-15(19)18-14(17-12)10-20-13-5-3-4-6-13/h7,11,13,16H,3-6,8-10H2,1-2H3,(H,17,18,19). The van der Waals surface area contributed by atoms with Crippen molar-refractivity contribution in [2.45, 2.75) is 57.1 Å². The first kappa shape index (κ1) is 15.6. The summed E-state index contributed by atoms with van der Waals surface area (Å²) in [6.07, 6.45) is 5.32. The van der Waals surface area contributed by atoms with Crippen molar-refractivity contribution in [3.8, 4) is 0 Å². The van der Waals surface area contributed by atoms with E-state index in [-0.39, 0.29) is 5.56 Å². The highest BCUT2D eigenvalue weighted by Crippen LogP contribution is 2.30. The number of aromatic amines is 1. The van der Waals surface area contributed by atoms with Crippen molar-refractivity contribution in [3.63, 3.8) is 0 Å². The van der Waals surface area contributed by atoms with E-state index >= 15 is 0 Å². The molecule has 1 heterocycles. The summed E-state index contributed by atoms with van der Waals surface area (Å²) in [6, 6.07) is 1.59. The Hall–Kier alpha value is -0.810. The Kier molecular flexibility index (Phi) is 6.10. The summed E-state index contributed by atoms with van der Waals surface area (Å²) in [7, 11) is 0. The lowest BCUT2D eigenvalue weighted by Gasteiger charge is -2.10. The smallest absolute Gasteiger partial charge is 0.251 e. The molecule has 0 atom stereocenters. The van der Waals surface area contributed by atoms with Gasteiger partial charge in [-0.15, -0.1) is 0 Å². The van der Waals surface area contributed by atoms with Crippen molar-refractivity contribution in [1.29, 1.82) is 0 Å². The minimum absolute atomic E-state index is 0.0385. The van der Waals surface area contributed by atoms with E-state index in [1.807, 2.05) is 11.8 Å². The maximum absolute atomic E-state index is 11.7. The van der Waals surface area contributed by atoms with Crippen molar-refractivity contribution >= 4 is 11.8 Å². The maximum atomic E-state index is 11.7. The van der Waals surface area contributed by atoms with Crippen LogP contribution in [0.2, 0.25) is 0 Å². The highest BCUT2D eigenvalue weighted by atomic mass is 32.2. The van der Waals surface area contributed by atoms with Gasteiger partial charge in [0.25, 0.3) is 5.56 Å². The molecule has 1 aromatic heterocycles. The van der Waals surface area contributed by atoms with Crippen molar-refractivity contribution < 1.29 is 0 Å². The second kappa shape index (κ2) is 7.84. The Morgan fingerprint density at radius 3 is 2.90 bits per heavy atom. The van der Waals surface area contributed by atoms with Crippen molar-refractivity contribution in [2.75, 3.05) is 6.54 Å². The minimum atomic E-state index is -0.0385. The molecule has 0 aliphatic heterocycles. The summed E-state index contributed by atoms with van der Waals surface area (Å²) < 4.78 is 0. The van der Waals surface area contributed by atoms with Gasteiger partial charge in [-0.25, -0.2) is 4.98 Å². The molecule has 0 bridgehead atoms. The molecule has 1 aliphatic carbocycles. The number of nitrogens with zero attached hydrogens (tertiary/aromatic N) is 1. The van der Waals surface area contributed by atoms with Gasteiger partial charge >= 0.3 is 0 Å². The number of thioether (sulfide) groups is 1. The fraction of sp³-hybridized carbons (Fsp3) is 0.733. The molecular formula is C15H25N3OS. The van der Waals surface area contributed by atoms with Gasteiger partial charge in [0, 0.05) is 17.9 Å². The topological polar surface area (TPSA) is 57.8 Å².